The summed E-state index contributed by atoms with van der Waals surface area (Å²) in [5, 5.41) is 2.69. The highest BCUT2D eigenvalue weighted by molar-refractivity contribution is 5.15. The van der Waals surface area contributed by atoms with Gasteiger partial charge in [-0.1, -0.05) is 34.1 Å². The molecule has 4 aliphatic rings. The summed E-state index contributed by atoms with van der Waals surface area (Å²) >= 11 is 0. The number of ether oxygens (including phenoxy) is 6. The zero-order chi connectivity index (χ0) is 30.8. The van der Waals surface area contributed by atoms with Gasteiger partial charge in [0.25, 0.3) is 0 Å². The summed E-state index contributed by atoms with van der Waals surface area (Å²) < 4.78 is 40.6. The zero-order valence-corrected chi connectivity index (χ0v) is 27.5. The number of aromatic amines is 1. The monoisotopic (exact) mass is 608 g/mol. The fourth-order valence-corrected chi connectivity index (χ4v) is 10.9. The molecule has 0 amide bonds. The van der Waals surface area contributed by atoms with Gasteiger partial charge in [-0.25, -0.2) is 9.95 Å². The molecule has 0 aliphatic heterocycles. The quantitative estimate of drug-likeness (QED) is 0.277. The predicted octanol–water partition coefficient (Wildman–Crippen LogP) is 5.41. The van der Waals surface area contributed by atoms with E-state index in [2.05, 4.69) is 37.8 Å². The van der Waals surface area contributed by atoms with E-state index in [1.54, 1.807) is 21.3 Å². The molecule has 4 aliphatic carbocycles. The Labute approximate surface area is 257 Å². The summed E-state index contributed by atoms with van der Waals surface area (Å²) in [6.07, 6.45) is 9.88. The minimum Gasteiger partial charge on any atom is -0.359 e. The first-order valence-electron chi connectivity index (χ1n) is 16.6. The molecule has 0 aromatic carbocycles. The van der Waals surface area contributed by atoms with Gasteiger partial charge in [-0.2, -0.15) is 4.98 Å². The molecule has 10 nitrogen and oxygen atoms in total. The van der Waals surface area contributed by atoms with Crippen LogP contribution in [0.4, 0.5) is 0 Å². The molecule has 246 valence electrons. The molecule has 5 rings (SSSR count). The van der Waals surface area contributed by atoms with Crippen LogP contribution in [0, 0.1) is 52.3 Å². The summed E-state index contributed by atoms with van der Waals surface area (Å²) in [6, 6.07) is 0. The molecule has 0 radical (unpaired) electrons. The summed E-state index contributed by atoms with van der Waals surface area (Å²) in [6.45, 7) is 10.8. The third kappa shape index (κ3) is 6.26. The highest BCUT2D eigenvalue weighted by Gasteiger charge is 2.67. The van der Waals surface area contributed by atoms with Crippen molar-refractivity contribution in [2.24, 2.45) is 52.3 Å². The second-order valence-electron chi connectivity index (χ2n) is 14.4. The number of methoxy groups -OCH3 is 3. The van der Waals surface area contributed by atoms with Crippen LogP contribution < -0.4 is 5.76 Å². The molecule has 0 saturated heterocycles. The molecule has 43 heavy (non-hydrogen) atoms. The van der Waals surface area contributed by atoms with E-state index in [1.165, 1.54) is 19.3 Å². The van der Waals surface area contributed by atoms with E-state index in [0.29, 0.717) is 74.0 Å². The summed E-state index contributed by atoms with van der Waals surface area (Å²) in [4.78, 5) is 15.5. The number of aromatic nitrogens is 2. The number of nitrogens with zero attached hydrogens (tertiary/aromatic N) is 1. The topological polar surface area (TPSA) is 114 Å². The minimum absolute atomic E-state index is 0.102. The number of rotatable bonds is 14. The van der Waals surface area contributed by atoms with Gasteiger partial charge in [0.15, 0.2) is 0 Å². The molecular formula is C33H56N2O8. The summed E-state index contributed by atoms with van der Waals surface area (Å²) in [7, 11) is 5.14. The van der Waals surface area contributed by atoms with Crippen molar-refractivity contribution in [3.63, 3.8) is 0 Å². The van der Waals surface area contributed by atoms with Crippen LogP contribution in [-0.4, -0.2) is 70.2 Å². The van der Waals surface area contributed by atoms with Crippen molar-refractivity contribution in [1.29, 1.82) is 0 Å². The molecule has 4 fully saturated rings. The highest BCUT2D eigenvalue weighted by Crippen LogP contribution is 2.70. The molecule has 3 unspecified atom stereocenters. The molecule has 1 aromatic heterocycles. The van der Waals surface area contributed by atoms with Crippen LogP contribution in [-0.2, 0) is 34.8 Å². The lowest BCUT2D eigenvalue weighted by molar-refractivity contribution is -0.239. The van der Waals surface area contributed by atoms with Crippen molar-refractivity contribution >= 4 is 0 Å². The lowest BCUT2D eigenvalue weighted by Crippen LogP contribution is -2.63. The van der Waals surface area contributed by atoms with Gasteiger partial charge in [-0.05, 0) is 97.2 Å². The molecule has 0 spiro atoms. The van der Waals surface area contributed by atoms with E-state index in [9.17, 15) is 4.79 Å². The first-order chi connectivity index (χ1) is 20.7. The lowest BCUT2D eigenvalue weighted by atomic mass is 9.41. The van der Waals surface area contributed by atoms with E-state index in [4.69, 9.17) is 32.9 Å². The van der Waals surface area contributed by atoms with Gasteiger partial charge in [0.1, 0.15) is 26.2 Å². The van der Waals surface area contributed by atoms with Crippen LogP contribution in [0.1, 0.15) is 84.9 Å². The van der Waals surface area contributed by atoms with Gasteiger partial charge in [0.05, 0.1) is 18.3 Å². The van der Waals surface area contributed by atoms with E-state index in [0.717, 1.165) is 32.1 Å². The second-order valence-corrected chi connectivity index (χ2v) is 14.4. The van der Waals surface area contributed by atoms with Crippen LogP contribution >= 0.6 is 0 Å². The highest BCUT2D eigenvalue weighted by atomic mass is 16.7. The van der Waals surface area contributed by atoms with Crippen LogP contribution in [0.15, 0.2) is 9.32 Å². The van der Waals surface area contributed by atoms with Gasteiger partial charge < -0.3 is 32.9 Å². The largest absolute Gasteiger partial charge is 0.459 e. The van der Waals surface area contributed by atoms with Gasteiger partial charge >= 0.3 is 5.76 Å². The lowest BCUT2D eigenvalue weighted by Gasteiger charge is -2.65. The van der Waals surface area contributed by atoms with Crippen LogP contribution in [0.25, 0.3) is 0 Å². The Bertz CT molecular complexity index is 1080. The molecule has 0 bridgehead atoms. The average molecular weight is 609 g/mol. The van der Waals surface area contributed by atoms with Gasteiger partial charge in [-0.15, -0.1) is 0 Å². The normalized spacial score (nSPS) is 41.4. The van der Waals surface area contributed by atoms with Crippen molar-refractivity contribution in [1.82, 2.24) is 10.1 Å². The number of hydrogen-bond acceptors (Lipinski definition) is 9. The third-order valence-corrected chi connectivity index (χ3v) is 12.6. The van der Waals surface area contributed by atoms with E-state index in [-0.39, 0.29) is 29.1 Å². The predicted molar refractivity (Wildman–Crippen MR) is 160 cm³/mol. The Balaban J connectivity index is 1.46. The maximum Gasteiger partial charge on any atom is 0.459 e. The Hall–Kier alpha value is -1.30. The molecule has 1 N–H and O–H groups in total. The van der Waals surface area contributed by atoms with E-state index in [1.807, 2.05) is 0 Å². The molecule has 1 heterocycles. The maximum absolute atomic E-state index is 11.5. The minimum atomic E-state index is -0.564. The average Bonchev–Trinajstić information content (AvgIpc) is 3.55. The van der Waals surface area contributed by atoms with Crippen molar-refractivity contribution in [2.75, 3.05) is 41.7 Å². The Kier molecular flexibility index (Phi) is 10.8. The molecule has 4 saturated carbocycles. The number of aryl methyl sites for hydroxylation is 1. The molecule has 10 heteroatoms. The van der Waals surface area contributed by atoms with Crippen LogP contribution in [0.3, 0.4) is 0 Å². The van der Waals surface area contributed by atoms with E-state index < -0.39 is 5.76 Å². The maximum atomic E-state index is 11.5. The number of nitrogens with one attached hydrogen (secondary N) is 1. The van der Waals surface area contributed by atoms with Crippen molar-refractivity contribution in [2.45, 2.75) is 104 Å². The molecule has 1 aromatic rings. The Morgan fingerprint density at radius 1 is 0.930 bits per heavy atom. The summed E-state index contributed by atoms with van der Waals surface area (Å²) in [5.41, 5.74) is 0.350. The van der Waals surface area contributed by atoms with E-state index >= 15 is 0 Å². The Morgan fingerprint density at radius 2 is 1.63 bits per heavy atom. The first-order valence-corrected chi connectivity index (χ1v) is 16.6. The van der Waals surface area contributed by atoms with Crippen molar-refractivity contribution < 1.29 is 32.9 Å². The molecular weight excluding hydrogens is 552 g/mol. The number of fused-ring (bicyclic) bond motifs is 5. The fourth-order valence-electron chi connectivity index (χ4n) is 10.9. The number of H-pyrrole nitrogens is 1. The van der Waals surface area contributed by atoms with Crippen LogP contribution in [0.2, 0.25) is 0 Å². The van der Waals surface area contributed by atoms with Crippen LogP contribution in [0.5, 0.6) is 0 Å². The van der Waals surface area contributed by atoms with Gasteiger partial charge in [-0.3, -0.25) is 0 Å². The first kappa shape index (κ1) is 33.1. The third-order valence-electron chi connectivity index (χ3n) is 12.6. The van der Waals surface area contributed by atoms with Crippen molar-refractivity contribution in [3.05, 3.63) is 16.4 Å². The van der Waals surface area contributed by atoms with Gasteiger partial charge in [0.2, 0.25) is 0 Å². The summed E-state index contributed by atoms with van der Waals surface area (Å²) in [5.74, 6) is 3.27. The molecule has 12 atom stereocenters. The number of hydrogen-bond donors (Lipinski definition) is 1. The second kappa shape index (κ2) is 14.0. The van der Waals surface area contributed by atoms with Crippen molar-refractivity contribution in [3.8, 4) is 0 Å². The fraction of sp³-hybridized carbons (Fsp3) is 0.939. The standard InChI is InChI=1S/C33H56N2O8/c1-8-22-24-15-21(40-17-37-5)11-13-32(24,3)23-12-14-33(4)25(28(23)30(22)42-19-39-7)16-26(41-18-38-6)29(33)20(2)9-10-27-34-31(36)43-35-27/h20-26,28-30H,8-19H2,1-7H3,(H,34,35,36)/t20-,21-,22-,23?,24+,25?,26+,28?,29+,30-,32-,33+/m1/s1. The Morgan fingerprint density at radius 3 is 2.30 bits per heavy atom. The zero-order valence-electron chi connectivity index (χ0n) is 27.5. The SMILES string of the molecule is CC[C@H]1[C@@H](OCOC)C2C3C[C@H](OCOC)[C@H]([C@H](C)CCc4nc(=O)o[nH]4)[C@@]3(C)CCC2[C@@]2(C)CC[C@@H](OCOC)C[C@@H]12. The van der Waals surface area contributed by atoms with Gasteiger partial charge in [0, 0.05) is 27.8 Å². The smallest absolute Gasteiger partial charge is 0.359 e.